The minimum atomic E-state index is -1.23. The summed E-state index contributed by atoms with van der Waals surface area (Å²) in [6.07, 6.45) is 0.333. The fourth-order valence-electron chi connectivity index (χ4n) is 4.18. The molecule has 1 N–H and O–H groups in total. The van der Waals surface area contributed by atoms with Crippen LogP contribution in [0, 0.1) is 11.8 Å². The summed E-state index contributed by atoms with van der Waals surface area (Å²) < 4.78 is 10.4. The number of carbonyl (C=O) groups excluding carboxylic acids is 3. The van der Waals surface area contributed by atoms with E-state index in [1.165, 1.54) is 14.2 Å². The summed E-state index contributed by atoms with van der Waals surface area (Å²) in [5, 5.41) is 3.26. The Kier molecular flexibility index (Phi) is 4.28. The van der Waals surface area contributed by atoms with Gasteiger partial charge in [-0.1, -0.05) is 25.1 Å². The molecule has 2 saturated heterocycles. The second-order valence-corrected chi connectivity index (χ2v) is 6.42. The molecule has 7 heteroatoms. The molecular formula is C18H22N2O5. The third-order valence-corrected chi connectivity index (χ3v) is 5.46. The van der Waals surface area contributed by atoms with E-state index in [1.807, 2.05) is 25.1 Å². The Hall–Kier alpha value is -2.41. The number of nitrogens with zero attached hydrogens (tertiary/aromatic N) is 1. The van der Waals surface area contributed by atoms with Crippen LogP contribution in [0.4, 0.5) is 0 Å². The van der Waals surface area contributed by atoms with Crippen LogP contribution in [-0.2, 0) is 19.1 Å². The lowest BCUT2D eigenvalue weighted by atomic mass is 9.78. The van der Waals surface area contributed by atoms with Crippen LogP contribution in [0.2, 0.25) is 0 Å². The van der Waals surface area contributed by atoms with E-state index in [9.17, 15) is 14.4 Å². The number of hydrogen-bond acceptors (Lipinski definition) is 6. The van der Waals surface area contributed by atoms with Crippen LogP contribution in [0.15, 0.2) is 24.3 Å². The van der Waals surface area contributed by atoms with Gasteiger partial charge in [0.05, 0.1) is 26.1 Å². The number of hydrogen-bond donors (Lipinski definition) is 1. The summed E-state index contributed by atoms with van der Waals surface area (Å²) in [7, 11) is 4.30. The zero-order valence-electron chi connectivity index (χ0n) is 14.7. The normalized spacial score (nSPS) is 31.2. The van der Waals surface area contributed by atoms with Crippen LogP contribution < -0.4 is 10.1 Å². The predicted octanol–water partition coefficient (Wildman–Crippen LogP) is 0.892. The Balaban J connectivity index is 2.17. The Bertz CT molecular complexity index is 734. The number of carbonyl (C=O) groups is 3. The van der Waals surface area contributed by atoms with Crippen molar-refractivity contribution in [3.05, 3.63) is 29.8 Å². The van der Waals surface area contributed by atoms with Gasteiger partial charge >= 0.3 is 5.97 Å². The number of likely N-dealkylation sites (tertiary alicyclic amines) is 1. The van der Waals surface area contributed by atoms with Crippen LogP contribution in [0.3, 0.4) is 0 Å². The Morgan fingerprint density at radius 1 is 1.24 bits per heavy atom. The number of ether oxygens (including phenoxy) is 2. The summed E-state index contributed by atoms with van der Waals surface area (Å²) in [5.74, 6) is -2.04. The van der Waals surface area contributed by atoms with Crippen molar-refractivity contribution in [2.45, 2.75) is 24.9 Å². The predicted molar refractivity (Wildman–Crippen MR) is 88.7 cm³/mol. The van der Waals surface area contributed by atoms with E-state index in [2.05, 4.69) is 5.32 Å². The molecule has 1 aromatic carbocycles. The summed E-state index contributed by atoms with van der Waals surface area (Å²) in [4.78, 5) is 39.2. The van der Waals surface area contributed by atoms with E-state index in [0.29, 0.717) is 12.2 Å². The topological polar surface area (TPSA) is 84.9 Å². The molecule has 0 radical (unpaired) electrons. The number of fused-ring (bicyclic) bond motifs is 1. The van der Waals surface area contributed by atoms with Crippen LogP contribution in [0.1, 0.15) is 24.9 Å². The van der Waals surface area contributed by atoms with Gasteiger partial charge in [0, 0.05) is 18.7 Å². The van der Waals surface area contributed by atoms with Crippen LogP contribution in [-0.4, -0.2) is 49.5 Å². The lowest BCUT2D eigenvalue weighted by molar-refractivity contribution is -0.154. The zero-order valence-corrected chi connectivity index (χ0v) is 14.7. The van der Waals surface area contributed by atoms with Gasteiger partial charge in [-0.25, -0.2) is 0 Å². The molecule has 2 aliphatic rings. The average Bonchev–Trinajstić information content (AvgIpc) is 3.11. The number of para-hydroxylation sites is 1. The van der Waals surface area contributed by atoms with Gasteiger partial charge in [-0.3, -0.25) is 24.6 Å². The standard InChI is InChI=1S/C18H22N2O5/c1-5-18(17(23)25-4)13-12(15(21)20(2)16(13)22)14(19-18)10-8-6-7-9-11(10)24-3/h6-9,12-14,19H,5H2,1-4H3/t12-,13+,14-,18-/m0/s1. The molecular weight excluding hydrogens is 324 g/mol. The maximum atomic E-state index is 12.8. The van der Waals surface area contributed by atoms with E-state index in [1.54, 1.807) is 13.2 Å². The molecule has 25 heavy (non-hydrogen) atoms. The number of esters is 1. The van der Waals surface area contributed by atoms with Crippen LogP contribution in [0.5, 0.6) is 5.75 Å². The number of nitrogens with one attached hydrogen (secondary N) is 1. The first-order valence-electron chi connectivity index (χ1n) is 8.23. The lowest BCUT2D eigenvalue weighted by Crippen LogP contribution is -2.55. The van der Waals surface area contributed by atoms with Gasteiger partial charge in [0.25, 0.3) is 0 Å². The van der Waals surface area contributed by atoms with Crippen molar-refractivity contribution in [1.29, 1.82) is 0 Å². The second-order valence-electron chi connectivity index (χ2n) is 6.42. The molecule has 0 spiro atoms. The summed E-state index contributed by atoms with van der Waals surface area (Å²) in [6, 6.07) is 6.79. The first-order chi connectivity index (χ1) is 11.9. The number of amides is 2. The quantitative estimate of drug-likeness (QED) is 0.644. The molecule has 7 nitrogen and oxygen atoms in total. The zero-order chi connectivity index (χ0) is 18.4. The lowest BCUT2D eigenvalue weighted by Gasteiger charge is -2.31. The van der Waals surface area contributed by atoms with E-state index in [0.717, 1.165) is 10.5 Å². The minimum Gasteiger partial charge on any atom is -0.496 e. The van der Waals surface area contributed by atoms with Gasteiger partial charge < -0.3 is 9.47 Å². The smallest absolute Gasteiger partial charge is 0.326 e. The van der Waals surface area contributed by atoms with Gasteiger partial charge in [0.2, 0.25) is 11.8 Å². The maximum absolute atomic E-state index is 12.8. The molecule has 0 saturated carbocycles. The monoisotopic (exact) mass is 346 g/mol. The third-order valence-electron chi connectivity index (χ3n) is 5.46. The Labute approximate surface area is 146 Å². The molecule has 2 amide bonds. The van der Waals surface area contributed by atoms with E-state index >= 15 is 0 Å². The van der Waals surface area contributed by atoms with Crippen molar-refractivity contribution in [3.63, 3.8) is 0 Å². The molecule has 2 fully saturated rings. The van der Waals surface area contributed by atoms with Crippen molar-refractivity contribution < 1.29 is 23.9 Å². The Morgan fingerprint density at radius 2 is 1.92 bits per heavy atom. The summed E-state index contributed by atoms with van der Waals surface area (Å²) in [5.41, 5.74) is -0.488. The molecule has 2 heterocycles. The molecule has 4 atom stereocenters. The first kappa shape index (κ1) is 17.4. The highest BCUT2D eigenvalue weighted by molar-refractivity contribution is 6.09. The molecule has 3 rings (SSSR count). The first-order valence-corrected chi connectivity index (χ1v) is 8.23. The maximum Gasteiger partial charge on any atom is 0.326 e. The van der Waals surface area contributed by atoms with Gasteiger partial charge in [0.15, 0.2) is 0 Å². The third kappa shape index (κ3) is 2.26. The van der Waals surface area contributed by atoms with Crippen molar-refractivity contribution in [2.75, 3.05) is 21.3 Å². The highest BCUT2D eigenvalue weighted by atomic mass is 16.5. The fourth-order valence-corrected chi connectivity index (χ4v) is 4.18. The molecule has 1 aromatic rings. The van der Waals surface area contributed by atoms with E-state index < -0.39 is 29.4 Å². The van der Waals surface area contributed by atoms with Crippen molar-refractivity contribution in [3.8, 4) is 5.75 Å². The van der Waals surface area contributed by atoms with Crippen molar-refractivity contribution in [1.82, 2.24) is 10.2 Å². The van der Waals surface area contributed by atoms with E-state index in [4.69, 9.17) is 9.47 Å². The number of imide groups is 1. The van der Waals surface area contributed by atoms with E-state index in [-0.39, 0.29) is 11.8 Å². The molecule has 0 bridgehead atoms. The summed E-state index contributed by atoms with van der Waals surface area (Å²) >= 11 is 0. The largest absolute Gasteiger partial charge is 0.496 e. The molecule has 2 aliphatic heterocycles. The van der Waals surface area contributed by atoms with Crippen LogP contribution in [0.25, 0.3) is 0 Å². The fraction of sp³-hybridized carbons (Fsp3) is 0.500. The average molecular weight is 346 g/mol. The molecule has 134 valence electrons. The highest BCUT2D eigenvalue weighted by Crippen LogP contribution is 2.51. The highest BCUT2D eigenvalue weighted by Gasteiger charge is 2.67. The second kappa shape index (κ2) is 6.15. The van der Waals surface area contributed by atoms with Crippen molar-refractivity contribution >= 4 is 17.8 Å². The molecule has 0 unspecified atom stereocenters. The molecule has 0 aromatic heterocycles. The summed E-state index contributed by atoms with van der Waals surface area (Å²) in [6.45, 7) is 1.81. The van der Waals surface area contributed by atoms with Gasteiger partial charge in [-0.05, 0) is 12.5 Å². The molecule has 0 aliphatic carbocycles. The SMILES string of the molecule is CC[C@]1(C(=O)OC)N[C@@H](c2ccccc2OC)[C@H]2C(=O)N(C)C(=O)[C@@H]21. The number of methoxy groups -OCH3 is 2. The Morgan fingerprint density at radius 3 is 2.52 bits per heavy atom. The van der Waals surface area contributed by atoms with Gasteiger partial charge in [-0.2, -0.15) is 0 Å². The number of rotatable bonds is 4. The number of benzene rings is 1. The van der Waals surface area contributed by atoms with Crippen LogP contribution >= 0.6 is 0 Å². The minimum absolute atomic E-state index is 0.294. The van der Waals surface area contributed by atoms with Crippen molar-refractivity contribution in [2.24, 2.45) is 11.8 Å². The van der Waals surface area contributed by atoms with Gasteiger partial charge in [-0.15, -0.1) is 0 Å². The van der Waals surface area contributed by atoms with Gasteiger partial charge in [0.1, 0.15) is 11.3 Å².